The number of nitrogens with one attached hydrogen (secondary N) is 1. The van der Waals surface area contributed by atoms with Crippen molar-refractivity contribution in [2.24, 2.45) is 0 Å². The summed E-state index contributed by atoms with van der Waals surface area (Å²) in [5, 5.41) is 2.88. The van der Waals surface area contributed by atoms with Gasteiger partial charge >= 0.3 is 0 Å². The molecule has 0 bridgehead atoms. The number of anilines is 1. The highest BCUT2D eigenvalue weighted by molar-refractivity contribution is 9.10. The van der Waals surface area contributed by atoms with E-state index in [1.807, 2.05) is 81.4 Å². The number of hydrogen-bond donors (Lipinski definition) is 1. The number of halogens is 1. The average Bonchev–Trinajstić information content (AvgIpc) is 3.02. The summed E-state index contributed by atoms with van der Waals surface area (Å²) < 4.78 is 36.1. The largest absolute Gasteiger partial charge is 0.495 e. The fourth-order valence-electron chi connectivity index (χ4n) is 5.02. The average molecular weight is 693 g/mol. The first-order valence-electron chi connectivity index (χ1n) is 14.6. The maximum atomic E-state index is 14.6. The predicted molar refractivity (Wildman–Crippen MR) is 181 cm³/mol. The molecule has 0 aliphatic carbocycles. The number of amides is 2. The molecule has 0 saturated heterocycles. The molecule has 236 valence electrons. The van der Waals surface area contributed by atoms with Crippen LogP contribution in [0.1, 0.15) is 29.2 Å². The lowest BCUT2D eigenvalue weighted by molar-refractivity contribution is -0.140. The molecule has 0 fully saturated rings. The minimum Gasteiger partial charge on any atom is -0.495 e. The second kappa shape index (κ2) is 15.2. The van der Waals surface area contributed by atoms with Gasteiger partial charge in [-0.25, -0.2) is 8.42 Å². The Labute approximate surface area is 274 Å². The van der Waals surface area contributed by atoms with Gasteiger partial charge in [-0.05, 0) is 73.9 Å². The third kappa shape index (κ3) is 8.52. The molecule has 4 aromatic carbocycles. The molecule has 4 rings (SSSR count). The number of rotatable bonds is 13. The minimum absolute atomic E-state index is 0.0348. The van der Waals surface area contributed by atoms with Crippen molar-refractivity contribution in [3.05, 3.63) is 124 Å². The molecule has 0 heterocycles. The molecule has 2 amide bonds. The van der Waals surface area contributed by atoms with E-state index in [2.05, 4.69) is 21.2 Å². The van der Waals surface area contributed by atoms with Crippen LogP contribution in [0.5, 0.6) is 5.75 Å². The van der Waals surface area contributed by atoms with Crippen molar-refractivity contribution in [1.29, 1.82) is 0 Å². The van der Waals surface area contributed by atoms with Crippen molar-refractivity contribution < 1.29 is 22.7 Å². The Kier molecular flexibility index (Phi) is 11.4. The smallest absolute Gasteiger partial charge is 0.264 e. The van der Waals surface area contributed by atoms with Crippen LogP contribution in [0.25, 0.3) is 0 Å². The molecule has 0 radical (unpaired) electrons. The van der Waals surface area contributed by atoms with E-state index < -0.39 is 28.5 Å². The van der Waals surface area contributed by atoms with Gasteiger partial charge in [-0.15, -0.1) is 0 Å². The first-order chi connectivity index (χ1) is 21.5. The van der Waals surface area contributed by atoms with E-state index in [4.69, 9.17) is 4.74 Å². The Hall–Kier alpha value is -4.15. The summed E-state index contributed by atoms with van der Waals surface area (Å²) in [5.74, 6) is -0.570. The second-order valence-electron chi connectivity index (χ2n) is 10.8. The number of carbonyl (C=O) groups is 2. The van der Waals surface area contributed by atoms with Gasteiger partial charge in [0.15, 0.2) is 0 Å². The molecule has 0 spiro atoms. The number of carbonyl (C=O) groups excluding carboxylic acids is 2. The van der Waals surface area contributed by atoms with Gasteiger partial charge in [-0.2, -0.15) is 0 Å². The van der Waals surface area contributed by atoms with Crippen LogP contribution in [0, 0.1) is 13.8 Å². The Morgan fingerprint density at radius 2 is 1.53 bits per heavy atom. The highest BCUT2D eigenvalue weighted by atomic mass is 79.9. The van der Waals surface area contributed by atoms with Gasteiger partial charge < -0.3 is 15.0 Å². The molecule has 0 saturated carbocycles. The first-order valence-corrected chi connectivity index (χ1v) is 16.9. The van der Waals surface area contributed by atoms with Crippen molar-refractivity contribution in [2.75, 3.05) is 24.5 Å². The van der Waals surface area contributed by atoms with Gasteiger partial charge in [-0.3, -0.25) is 13.9 Å². The number of benzene rings is 4. The van der Waals surface area contributed by atoms with Crippen molar-refractivity contribution in [3.8, 4) is 5.75 Å². The van der Waals surface area contributed by atoms with E-state index in [1.165, 1.54) is 24.1 Å². The molecule has 0 aliphatic rings. The summed E-state index contributed by atoms with van der Waals surface area (Å²) in [6, 6.07) is 27.7. The van der Waals surface area contributed by atoms with Crippen LogP contribution in [-0.2, 0) is 32.6 Å². The molecule has 8 nitrogen and oxygen atoms in total. The minimum atomic E-state index is -4.25. The van der Waals surface area contributed by atoms with Crippen molar-refractivity contribution in [3.63, 3.8) is 0 Å². The molecule has 4 aromatic rings. The van der Waals surface area contributed by atoms with Gasteiger partial charge in [-0.1, -0.05) is 82.2 Å². The fourth-order valence-corrected chi connectivity index (χ4v) is 6.89. The van der Waals surface area contributed by atoms with Crippen LogP contribution in [0.3, 0.4) is 0 Å². The second-order valence-corrected chi connectivity index (χ2v) is 13.5. The molecule has 1 N–H and O–H groups in total. The normalized spacial score (nSPS) is 11.8. The van der Waals surface area contributed by atoms with Gasteiger partial charge in [0.05, 0.1) is 17.7 Å². The lowest BCUT2D eigenvalue weighted by Gasteiger charge is -2.34. The third-order valence-corrected chi connectivity index (χ3v) is 9.62. The Morgan fingerprint density at radius 1 is 0.867 bits per heavy atom. The van der Waals surface area contributed by atoms with E-state index in [0.29, 0.717) is 12.3 Å². The quantitative estimate of drug-likeness (QED) is 0.184. The van der Waals surface area contributed by atoms with Crippen molar-refractivity contribution in [2.45, 2.75) is 44.7 Å². The molecule has 0 unspecified atom stereocenters. The summed E-state index contributed by atoms with van der Waals surface area (Å²) in [6.07, 6.45) is 0.241. The van der Waals surface area contributed by atoms with Crippen molar-refractivity contribution >= 4 is 43.5 Å². The fraction of sp³-hybridized carbons (Fsp3) is 0.257. The molecule has 1 atom stereocenters. The zero-order chi connectivity index (χ0) is 32.6. The molecule has 10 heteroatoms. The Bertz CT molecular complexity index is 1730. The van der Waals surface area contributed by atoms with Crippen LogP contribution in [0.2, 0.25) is 0 Å². The van der Waals surface area contributed by atoms with E-state index in [9.17, 15) is 18.0 Å². The standard InChI is InChI=1S/C35H38BrN3O5S/c1-5-37-35(41)32(22-27-10-7-6-8-11-27)38(23-28-12-9-13-29(36)21-28)34(40)24-39(31-20-26(3)16-19-33(31)44-4)45(42,43)30-17-14-25(2)15-18-30/h6-21,32H,5,22-24H2,1-4H3,(H,37,41)/t32-/m0/s1. The van der Waals surface area contributed by atoms with E-state index in [0.717, 1.165) is 31.0 Å². The van der Waals surface area contributed by atoms with Crippen LogP contribution >= 0.6 is 15.9 Å². The SMILES string of the molecule is CCNC(=O)[C@H](Cc1ccccc1)N(Cc1cccc(Br)c1)C(=O)CN(c1cc(C)ccc1OC)S(=O)(=O)c1ccc(C)cc1. The van der Waals surface area contributed by atoms with Crippen LogP contribution < -0.4 is 14.4 Å². The monoisotopic (exact) mass is 691 g/mol. The number of hydrogen-bond acceptors (Lipinski definition) is 5. The number of aryl methyl sites for hydroxylation is 2. The zero-order valence-corrected chi connectivity index (χ0v) is 28.3. The lowest BCUT2D eigenvalue weighted by Crippen LogP contribution is -2.53. The number of likely N-dealkylation sites (N-methyl/N-ethyl adjacent to an activating group) is 1. The summed E-state index contributed by atoms with van der Waals surface area (Å²) in [4.78, 5) is 29.7. The number of nitrogens with zero attached hydrogens (tertiary/aromatic N) is 2. The predicted octanol–water partition coefficient (Wildman–Crippen LogP) is 6.05. The zero-order valence-electron chi connectivity index (χ0n) is 25.9. The van der Waals surface area contributed by atoms with Gasteiger partial charge in [0.1, 0.15) is 18.3 Å². The Balaban J connectivity index is 1.85. The molecule has 0 aliphatic heterocycles. The number of methoxy groups -OCH3 is 1. The summed E-state index contributed by atoms with van der Waals surface area (Å²) in [5.41, 5.74) is 3.56. The highest BCUT2D eigenvalue weighted by Crippen LogP contribution is 2.34. The molecular formula is C35H38BrN3O5S. The highest BCUT2D eigenvalue weighted by Gasteiger charge is 2.35. The maximum Gasteiger partial charge on any atom is 0.264 e. The van der Waals surface area contributed by atoms with E-state index >= 15 is 0 Å². The maximum absolute atomic E-state index is 14.6. The van der Waals surface area contributed by atoms with Gasteiger partial charge in [0, 0.05) is 24.0 Å². The van der Waals surface area contributed by atoms with Crippen LogP contribution in [0.15, 0.2) is 106 Å². The summed E-state index contributed by atoms with van der Waals surface area (Å²) in [6.45, 7) is 5.42. The van der Waals surface area contributed by atoms with E-state index in [-0.39, 0.29) is 29.5 Å². The Morgan fingerprint density at radius 3 is 2.18 bits per heavy atom. The van der Waals surface area contributed by atoms with Gasteiger partial charge in [0.2, 0.25) is 11.8 Å². The van der Waals surface area contributed by atoms with Gasteiger partial charge in [0.25, 0.3) is 10.0 Å². The summed E-state index contributed by atoms with van der Waals surface area (Å²) in [7, 11) is -2.79. The third-order valence-electron chi connectivity index (χ3n) is 7.35. The topological polar surface area (TPSA) is 96.0 Å². The number of sulfonamides is 1. The van der Waals surface area contributed by atoms with Crippen molar-refractivity contribution in [1.82, 2.24) is 10.2 Å². The summed E-state index contributed by atoms with van der Waals surface area (Å²) >= 11 is 3.50. The lowest BCUT2D eigenvalue weighted by atomic mass is 10.0. The van der Waals surface area contributed by atoms with E-state index in [1.54, 1.807) is 24.3 Å². The van der Waals surface area contributed by atoms with Crippen LogP contribution in [0.4, 0.5) is 5.69 Å². The number of ether oxygens (including phenoxy) is 1. The first kappa shape index (κ1) is 33.7. The molecule has 0 aromatic heterocycles. The van der Waals surface area contributed by atoms with Crippen LogP contribution in [-0.4, -0.2) is 51.4 Å². The molecule has 45 heavy (non-hydrogen) atoms. The molecular weight excluding hydrogens is 654 g/mol.